The lowest BCUT2D eigenvalue weighted by molar-refractivity contribution is 0.101. The first-order chi connectivity index (χ1) is 10.7. The van der Waals surface area contributed by atoms with Crippen LogP contribution >= 0.6 is 0 Å². The van der Waals surface area contributed by atoms with Crippen LogP contribution in [0, 0.1) is 5.92 Å². The fraction of sp³-hybridized carbons (Fsp3) is 0.632. The maximum atomic E-state index is 11.4. The topological polar surface area (TPSA) is 32.3 Å². The second-order valence-electron chi connectivity index (χ2n) is 6.97. The molecular weight excluding hydrogens is 272 g/mol. The molecule has 3 nitrogen and oxygen atoms in total. The van der Waals surface area contributed by atoms with E-state index >= 15 is 0 Å². The first-order valence-corrected chi connectivity index (χ1v) is 8.76. The molecule has 0 aliphatic carbocycles. The average molecular weight is 300 g/mol. The average Bonchev–Trinajstić information content (AvgIpc) is 2.57. The van der Waals surface area contributed by atoms with Crippen LogP contribution in [0.3, 0.4) is 0 Å². The van der Waals surface area contributed by atoms with E-state index in [1.54, 1.807) is 6.92 Å². The van der Waals surface area contributed by atoms with E-state index in [0.717, 1.165) is 11.5 Å². The molecule has 0 saturated carbocycles. The number of hydrogen-bond acceptors (Lipinski definition) is 3. The van der Waals surface area contributed by atoms with E-state index in [1.807, 2.05) is 12.1 Å². The van der Waals surface area contributed by atoms with Crippen molar-refractivity contribution in [2.45, 2.75) is 38.5 Å². The highest BCUT2D eigenvalue weighted by molar-refractivity contribution is 5.94. The Morgan fingerprint density at radius 3 is 2.50 bits per heavy atom. The molecule has 2 saturated heterocycles. The summed E-state index contributed by atoms with van der Waals surface area (Å²) >= 11 is 0. The molecule has 1 aromatic rings. The number of ketones is 1. The van der Waals surface area contributed by atoms with Crippen LogP contribution in [0.4, 0.5) is 0 Å². The van der Waals surface area contributed by atoms with E-state index < -0.39 is 0 Å². The van der Waals surface area contributed by atoms with Gasteiger partial charge >= 0.3 is 0 Å². The monoisotopic (exact) mass is 300 g/mol. The Balaban J connectivity index is 1.49. The molecule has 1 aromatic carbocycles. The molecule has 2 heterocycles. The van der Waals surface area contributed by atoms with Gasteiger partial charge in [0, 0.05) is 12.1 Å². The van der Waals surface area contributed by atoms with E-state index in [-0.39, 0.29) is 5.78 Å². The molecule has 3 rings (SSSR count). The lowest BCUT2D eigenvalue weighted by Gasteiger charge is -2.35. The smallest absolute Gasteiger partial charge is 0.159 e. The Bertz CT molecular complexity index is 483. The van der Waals surface area contributed by atoms with Gasteiger partial charge in [-0.1, -0.05) is 24.3 Å². The number of nitrogens with one attached hydrogen (secondary N) is 1. The van der Waals surface area contributed by atoms with Gasteiger partial charge in [-0.05, 0) is 76.2 Å². The summed E-state index contributed by atoms with van der Waals surface area (Å²) in [4.78, 5) is 14.0. The van der Waals surface area contributed by atoms with Crippen molar-refractivity contribution in [1.82, 2.24) is 10.2 Å². The lowest BCUT2D eigenvalue weighted by atomic mass is 9.88. The Morgan fingerprint density at radius 2 is 1.91 bits per heavy atom. The van der Waals surface area contributed by atoms with Crippen LogP contribution in [0.25, 0.3) is 0 Å². The van der Waals surface area contributed by atoms with Gasteiger partial charge in [0.25, 0.3) is 0 Å². The van der Waals surface area contributed by atoms with Crippen LogP contribution in [0.1, 0.15) is 54.4 Å². The van der Waals surface area contributed by atoms with Crippen molar-refractivity contribution >= 4 is 5.78 Å². The summed E-state index contributed by atoms with van der Waals surface area (Å²) in [5.41, 5.74) is 2.23. The Kier molecular flexibility index (Phi) is 5.27. The summed E-state index contributed by atoms with van der Waals surface area (Å²) < 4.78 is 0. The third kappa shape index (κ3) is 3.96. The molecule has 0 aromatic heterocycles. The van der Waals surface area contributed by atoms with Gasteiger partial charge in [-0.25, -0.2) is 0 Å². The zero-order valence-electron chi connectivity index (χ0n) is 13.7. The molecule has 22 heavy (non-hydrogen) atoms. The quantitative estimate of drug-likeness (QED) is 0.867. The molecule has 0 radical (unpaired) electrons. The number of rotatable bonds is 4. The second kappa shape index (κ2) is 7.38. The zero-order chi connectivity index (χ0) is 15.4. The maximum Gasteiger partial charge on any atom is 0.159 e. The summed E-state index contributed by atoms with van der Waals surface area (Å²) in [7, 11) is 0. The standard InChI is InChI=1S/C19H28N2O/c1-15(22)17-4-6-18(7-5-17)19-8-11-21(12-9-19)14-16-3-2-10-20-13-16/h4-7,16,19-20H,2-3,8-14H2,1H3. The Labute approximate surface area is 134 Å². The second-order valence-corrected chi connectivity index (χ2v) is 6.97. The first kappa shape index (κ1) is 15.7. The highest BCUT2D eigenvalue weighted by Crippen LogP contribution is 2.29. The highest BCUT2D eigenvalue weighted by Gasteiger charge is 2.23. The molecule has 0 amide bonds. The van der Waals surface area contributed by atoms with Crippen LogP contribution < -0.4 is 5.32 Å². The predicted molar refractivity (Wildman–Crippen MR) is 90.5 cm³/mol. The van der Waals surface area contributed by atoms with Gasteiger partial charge in [0.2, 0.25) is 0 Å². The van der Waals surface area contributed by atoms with Crippen molar-refractivity contribution in [3.63, 3.8) is 0 Å². The van der Waals surface area contributed by atoms with Crippen molar-refractivity contribution in [2.24, 2.45) is 5.92 Å². The van der Waals surface area contributed by atoms with Gasteiger partial charge < -0.3 is 10.2 Å². The summed E-state index contributed by atoms with van der Waals surface area (Å²) in [6.45, 7) is 7.74. The number of piperidine rings is 2. The predicted octanol–water partition coefficient (Wildman–Crippen LogP) is 3.07. The summed E-state index contributed by atoms with van der Waals surface area (Å²) in [5, 5.41) is 3.52. The van der Waals surface area contributed by atoms with Gasteiger partial charge in [0.15, 0.2) is 5.78 Å². The maximum absolute atomic E-state index is 11.4. The summed E-state index contributed by atoms with van der Waals surface area (Å²) in [5.74, 6) is 1.67. The van der Waals surface area contributed by atoms with Gasteiger partial charge in [-0.2, -0.15) is 0 Å². The van der Waals surface area contributed by atoms with Crippen molar-refractivity contribution < 1.29 is 4.79 Å². The van der Waals surface area contributed by atoms with Crippen LogP contribution in [-0.4, -0.2) is 43.4 Å². The molecule has 1 N–H and O–H groups in total. The number of benzene rings is 1. The number of Topliss-reactive ketones (excluding diaryl/α,β-unsaturated/α-hetero) is 1. The van der Waals surface area contributed by atoms with Crippen molar-refractivity contribution in [3.8, 4) is 0 Å². The Hall–Kier alpha value is -1.19. The van der Waals surface area contributed by atoms with E-state index in [4.69, 9.17) is 0 Å². The molecule has 2 aliphatic rings. The number of carbonyl (C=O) groups is 1. The number of nitrogens with zero attached hydrogens (tertiary/aromatic N) is 1. The third-order valence-corrected chi connectivity index (χ3v) is 5.29. The molecule has 2 aliphatic heterocycles. The molecule has 3 heteroatoms. The van der Waals surface area contributed by atoms with Crippen molar-refractivity contribution in [2.75, 3.05) is 32.7 Å². The molecule has 1 atom stereocenters. The summed E-state index contributed by atoms with van der Waals surface area (Å²) in [6, 6.07) is 8.28. The van der Waals surface area contributed by atoms with E-state index in [2.05, 4.69) is 22.3 Å². The van der Waals surface area contributed by atoms with Crippen LogP contribution in [0.15, 0.2) is 24.3 Å². The van der Waals surface area contributed by atoms with Crippen molar-refractivity contribution in [3.05, 3.63) is 35.4 Å². The molecule has 0 spiro atoms. The zero-order valence-corrected chi connectivity index (χ0v) is 13.7. The lowest BCUT2D eigenvalue weighted by Crippen LogP contribution is -2.41. The first-order valence-electron chi connectivity index (χ1n) is 8.76. The third-order valence-electron chi connectivity index (χ3n) is 5.29. The van der Waals surface area contributed by atoms with Crippen LogP contribution in [0.5, 0.6) is 0 Å². The summed E-state index contributed by atoms with van der Waals surface area (Å²) in [6.07, 6.45) is 5.22. The molecule has 2 fully saturated rings. The SMILES string of the molecule is CC(=O)c1ccc(C2CCN(CC3CCCNC3)CC2)cc1. The van der Waals surface area contributed by atoms with E-state index in [0.29, 0.717) is 5.92 Å². The highest BCUT2D eigenvalue weighted by atomic mass is 16.1. The van der Waals surface area contributed by atoms with Gasteiger partial charge in [0.05, 0.1) is 0 Å². The minimum atomic E-state index is 0.155. The molecule has 120 valence electrons. The van der Waals surface area contributed by atoms with Gasteiger partial charge in [0.1, 0.15) is 0 Å². The number of carbonyl (C=O) groups excluding carboxylic acids is 1. The van der Waals surface area contributed by atoms with Gasteiger partial charge in [-0.3, -0.25) is 4.79 Å². The van der Waals surface area contributed by atoms with E-state index in [1.165, 1.54) is 64.0 Å². The molecule has 0 bridgehead atoms. The number of likely N-dealkylation sites (tertiary alicyclic amines) is 1. The minimum absolute atomic E-state index is 0.155. The number of hydrogen-bond donors (Lipinski definition) is 1. The van der Waals surface area contributed by atoms with Crippen molar-refractivity contribution in [1.29, 1.82) is 0 Å². The van der Waals surface area contributed by atoms with Crippen LogP contribution in [0.2, 0.25) is 0 Å². The molecular formula is C19H28N2O. The normalized spacial score (nSPS) is 24.3. The van der Waals surface area contributed by atoms with Gasteiger partial charge in [-0.15, -0.1) is 0 Å². The molecule has 1 unspecified atom stereocenters. The Morgan fingerprint density at radius 1 is 1.18 bits per heavy atom. The fourth-order valence-corrected chi connectivity index (χ4v) is 3.88. The fourth-order valence-electron chi connectivity index (χ4n) is 3.88. The minimum Gasteiger partial charge on any atom is -0.316 e. The van der Waals surface area contributed by atoms with E-state index in [9.17, 15) is 4.79 Å². The van der Waals surface area contributed by atoms with Crippen LogP contribution in [-0.2, 0) is 0 Å². The largest absolute Gasteiger partial charge is 0.316 e.